The Hall–Kier alpha value is -1.09. The predicted molar refractivity (Wildman–Crippen MR) is 53.1 cm³/mol. The second-order valence-electron chi connectivity index (χ2n) is 3.43. The third-order valence-corrected chi connectivity index (χ3v) is 2.10. The van der Waals surface area contributed by atoms with Crippen molar-refractivity contribution in [3.63, 3.8) is 0 Å². The molecule has 1 aromatic heterocycles. The minimum atomic E-state index is 0.102. The molecule has 72 valence electrons. The molecule has 0 aliphatic carbocycles. The van der Waals surface area contributed by atoms with Gasteiger partial charge in [-0.05, 0) is 17.6 Å². The number of hydrogen-bond acceptors (Lipinski definition) is 2. The Morgan fingerprint density at radius 2 is 2.38 bits per heavy atom. The number of rotatable bonds is 3. The highest BCUT2D eigenvalue weighted by Gasteiger charge is 2.03. The lowest BCUT2D eigenvalue weighted by molar-refractivity contribution is 0.320. The topological polar surface area (TPSA) is 38.0 Å². The van der Waals surface area contributed by atoms with E-state index in [1.807, 2.05) is 23.9 Å². The van der Waals surface area contributed by atoms with E-state index < -0.39 is 0 Å². The Labute approximate surface area is 78.7 Å². The van der Waals surface area contributed by atoms with Gasteiger partial charge in [0.25, 0.3) is 0 Å². The first-order valence-electron chi connectivity index (χ1n) is 4.43. The monoisotopic (exact) mass is 180 g/mol. The fraction of sp³-hybridized carbons (Fsp3) is 0.500. The lowest BCUT2D eigenvalue weighted by Gasteiger charge is -2.07. The van der Waals surface area contributed by atoms with Crippen LogP contribution >= 0.6 is 0 Å². The van der Waals surface area contributed by atoms with E-state index in [1.165, 1.54) is 0 Å². The first-order chi connectivity index (χ1) is 6.15. The molecule has 0 aliphatic rings. The highest BCUT2D eigenvalue weighted by atomic mass is 16.3. The van der Waals surface area contributed by atoms with Gasteiger partial charge in [-0.1, -0.05) is 13.8 Å². The second-order valence-corrected chi connectivity index (χ2v) is 3.43. The van der Waals surface area contributed by atoms with E-state index in [9.17, 15) is 0 Å². The van der Waals surface area contributed by atoms with Crippen molar-refractivity contribution in [2.24, 2.45) is 13.0 Å². The van der Waals surface area contributed by atoms with E-state index in [-0.39, 0.29) is 6.61 Å². The SMILES string of the molecule is CC(C)/C(=C/c1nccn1C)CO. The van der Waals surface area contributed by atoms with Gasteiger partial charge >= 0.3 is 0 Å². The van der Waals surface area contributed by atoms with Crippen LogP contribution in [0.1, 0.15) is 19.7 Å². The van der Waals surface area contributed by atoms with E-state index in [0.29, 0.717) is 5.92 Å². The summed E-state index contributed by atoms with van der Waals surface area (Å²) in [5.41, 5.74) is 1.01. The number of aryl methyl sites for hydroxylation is 1. The third-order valence-electron chi connectivity index (χ3n) is 2.10. The van der Waals surface area contributed by atoms with E-state index in [1.54, 1.807) is 6.20 Å². The van der Waals surface area contributed by atoms with Gasteiger partial charge in [-0.2, -0.15) is 0 Å². The van der Waals surface area contributed by atoms with Crippen molar-refractivity contribution >= 4 is 6.08 Å². The van der Waals surface area contributed by atoms with Gasteiger partial charge in [-0.3, -0.25) is 0 Å². The Balaban J connectivity index is 2.91. The van der Waals surface area contributed by atoms with Crippen molar-refractivity contribution in [1.29, 1.82) is 0 Å². The molecule has 13 heavy (non-hydrogen) atoms. The van der Waals surface area contributed by atoms with E-state index in [4.69, 9.17) is 5.11 Å². The summed E-state index contributed by atoms with van der Waals surface area (Å²) in [4.78, 5) is 4.16. The molecule has 0 aliphatic heterocycles. The highest BCUT2D eigenvalue weighted by molar-refractivity contribution is 5.46. The molecule has 1 heterocycles. The van der Waals surface area contributed by atoms with Crippen LogP contribution in [0.2, 0.25) is 0 Å². The number of aromatic nitrogens is 2. The molecule has 0 saturated carbocycles. The number of aliphatic hydroxyl groups is 1. The molecule has 0 radical (unpaired) electrons. The van der Waals surface area contributed by atoms with Crippen molar-refractivity contribution in [3.05, 3.63) is 23.8 Å². The number of imidazole rings is 1. The van der Waals surface area contributed by atoms with Gasteiger partial charge in [0, 0.05) is 19.4 Å². The molecule has 1 aromatic rings. The van der Waals surface area contributed by atoms with Crippen LogP contribution in [-0.4, -0.2) is 21.3 Å². The fourth-order valence-corrected chi connectivity index (χ4v) is 1.08. The number of nitrogens with zero attached hydrogens (tertiary/aromatic N) is 2. The van der Waals surface area contributed by atoms with Crippen molar-refractivity contribution < 1.29 is 5.11 Å². The zero-order valence-electron chi connectivity index (χ0n) is 8.36. The predicted octanol–water partition coefficient (Wildman–Crippen LogP) is 1.45. The Bertz CT molecular complexity index is 300. The minimum Gasteiger partial charge on any atom is -0.392 e. The molecule has 3 heteroatoms. The summed E-state index contributed by atoms with van der Waals surface area (Å²) in [6.07, 6.45) is 5.58. The van der Waals surface area contributed by atoms with Crippen molar-refractivity contribution in [1.82, 2.24) is 9.55 Å². The van der Waals surface area contributed by atoms with Crippen LogP contribution in [0.3, 0.4) is 0 Å². The summed E-state index contributed by atoms with van der Waals surface area (Å²) in [6, 6.07) is 0. The molecular formula is C10H16N2O. The molecule has 0 fully saturated rings. The lowest BCUT2D eigenvalue weighted by atomic mass is 10.0. The quantitative estimate of drug-likeness (QED) is 0.764. The van der Waals surface area contributed by atoms with Crippen LogP contribution in [0.5, 0.6) is 0 Å². The van der Waals surface area contributed by atoms with Gasteiger partial charge in [0.15, 0.2) is 0 Å². The van der Waals surface area contributed by atoms with Gasteiger partial charge in [-0.15, -0.1) is 0 Å². The Morgan fingerprint density at radius 1 is 1.69 bits per heavy atom. The van der Waals surface area contributed by atoms with Crippen molar-refractivity contribution in [2.75, 3.05) is 6.61 Å². The van der Waals surface area contributed by atoms with Crippen LogP contribution in [0.4, 0.5) is 0 Å². The van der Waals surface area contributed by atoms with E-state index >= 15 is 0 Å². The van der Waals surface area contributed by atoms with Gasteiger partial charge in [0.2, 0.25) is 0 Å². The molecule has 0 unspecified atom stereocenters. The standard InChI is InChI=1S/C10H16N2O/c1-8(2)9(7-13)6-10-11-4-5-12(10)3/h4-6,8,13H,7H2,1-3H3/b9-6+. The normalized spacial score (nSPS) is 12.5. The second kappa shape index (κ2) is 4.23. The first-order valence-corrected chi connectivity index (χ1v) is 4.43. The molecule has 0 atom stereocenters. The van der Waals surface area contributed by atoms with Crippen molar-refractivity contribution in [2.45, 2.75) is 13.8 Å². The van der Waals surface area contributed by atoms with Crippen LogP contribution in [0.15, 0.2) is 18.0 Å². The molecule has 1 rings (SSSR count). The summed E-state index contributed by atoms with van der Waals surface area (Å²) in [7, 11) is 1.94. The zero-order valence-corrected chi connectivity index (χ0v) is 8.36. The first kappa shape index (κ1) is 9.99. The Kier molecular flexibility index (Phi) is 3.25. The summed E-state index contributed by atoms with van der Waals surface area (Å²) in [6.45, 7) is 4.22. The molecule has 3 nitrogen and oxygen atoms in total. The molecule has 0 saturated heterocycles. The molecule has 0 spiro atoms. The van der Waals surface area contributed by atoms with Gasteiger partial charge in [0.1, 0.15) is 5.82 Å². The Morgan fingerprint density at radius 3 is 2.77 bits per heavy atom. The van der Waals surface area contributed by atoms with Crippen molar-refractivity contribution in [3.8, 4) is 0 Å². The minimum absolute atomic E-state index is 0.102. The van der Waals surface area contributed by atoms with Gasteiger partial charge in [-0.25, -0.2) is 4.98 Å². The highest BCUT2D eigenvalue weighted by Crippen LogP contribution is 2.12. The van der Waals surface area contributed by atoms with Crippen LogP contribution in [-0.2, 0) is 7.05 Å². The largest absolute Gasteiger partial charge is 0.392 e. The smallest absolute Gasteiger partial charge is 0.132 e. The van der Waals surface area contributed by atoms with E-state index in [2.05, 4.69) is 18.8 Å². The number of aliphatic hydroxyl groups excluding tert-OH is 1. The maximum atomic E-state index is 9.08. The summed E-state index contributed by atoms with van der Waals surface area (Å²) >= 11 is 0. The van der Waals surface area contributed by atoms with Crippen LogP contribution < -0.4 is 0 Å². The van der Waals surface area contributed by atoms with Crippen LogP contribution in [0, 0.1) is 5.92 Å². The average Bonchev–Trinajstić information content (AvgIpc) is 2.46. The maximum Gasteiger partial charge on any atom is 0.132 e. The van der Waals surface area contributed by atoms with Gasteiger partial charge < -0.3 is 9.67 Å². The zero-order chi connectivity index (χ0) is 9.84. The summed E-state index contributed by atoms with van der Waals surface area (Å²) in [5, 5.41) is 9.08. The third kappa shape index (κ3) is 2.42. The summed E-state index contributed by atoms with van der Waals surface area (Å²) < 4.78 is 1.93. The molecule has 1 N–H and O–H groups in total. The molecule has 0 amide bonds. The average molecular weight is 180 g/mol. The van der Waals surface area contributed by atoms with Crippen LogP contribution in [0.25, 0.3) is 6.08 Å². The lowest BCUT2D eigenvalue weighted by Crippen LogP contribution is -2.01. The molecule has 0 bridgehead atoms. The fourth-order valence-electron chi connectivity index (χ4n) is 1.08. The summed E-state index contributed by atoms with van der Waals surface area (Å²) in [5.74, 6) is 1.25. The molecule has 0 aromatic carbocycles. The maximum absolute atomic E-state index is 9.08. The van der Waals surface area contributed by atoms with E-state index in [0.717, 1.165) is 11.4 Å². The number of hydrogen-bond donors (Lipinski definition) is 1. The van der Waals surface area contributed by atoms with Gasteiger partial charge in [0.05, 0.1) is 6.61 Å². The molecular weight excluding hydrogens is 164 g/mol.